The van der Waals surface area contributed by atoms with Gasteiger partial charge in [0.25, 0.3) is 0 Å². The number of carbonyl (C=O) groups excluding carboxylic acids is 3. The standard InChI is InChI=1S/C27H44N7O19P3S/c1-27(2,22(40)25(41)30-8-7-16(35)29-9-10-57-18(38)6-4-3-5-17(36)37)12-50-56(47,48)53-55(45,46)49-11-15-21(52-54(42,43)44)20(39)26(51-15)34-14-33-19-23(28)31-13-32-24(19)34/h13-15,20-22,26,39-40H,3-12H2,1-2H3,(H,29,35)(H,30,41)(H,36,37)(H,45,46)(H,47,48)(H2,28,31,32)(H2,42,43,44)/t15-,20-,21-,22+,26-/m1/s1. The van der Waals surface area contributed by atoms with Gasteiger partial charge in [0.1, 0.15) is 36.3 Å². The van der Waals surface area contributed by atoms with Crippen LogP contribution in [0.5, 0.6) is 0 Å². The lowest BCUT2D eigenvalue weighted by molar-refractivity contribution is -0.137. The van der Waals surface area contributed by atoms with Crippen molar-refractivity contribution in [1.29, 1.82) is 0 Å². The third-order valence-electron chi connectivity index (χ3n) is 7.79. The van der Waals surface area contributed by atoms with E-state index in [1.807, 2.05) is 0 Å². The number of amides is 2. The number of hydrogen-bond acceptors (Lipinski definition) is 19. The molecule has 0 spiro atoms. The van der Waals surface area contributed by atoms with Crippen molar-refractivity contribution in [2.24, 2.45) is 5.41 Å². The number of carboxylic acid groups (broad SMARTS) is 1. The molecule has 2 aromatic rings. The Kier molecular flexibility index (Phi) is 17.7. The molecule has 3 rings (SSSR count). The molecule has 7 atom stereocenters. The molecule has 2 amide bonds. The van der Waals surface area contributed by atoms with Crippen LogP contribution in [0.3, 0.4) is 0 Å². The van der Waals surface area contributed by atoms with Crippen molar-refractivity contribution >= 4 is 75.1 Å². The number of phosphoric acid groups is 3. The summed E-state index contributed by atoms with van der Waals surface area (Å²) in [5, 5.41) is 34.7. The Bertz CT molecular complexity index is 1880. The van der Waals surface area contributed by atoms with Gasteiger partial charge in [0, 0.05) is 43.5 Å². The van der Waals surface area contributed by atoms with Crippen molar-refractivity contribution < 1.29 is 90.4 Å². The molecule has 30 heteroatoms. The minimum atomic E-state index is -5.58. The molecule has 322 valence electrons. The van der Waals surface area contributed by atoms with Crippen molar-refractivity contribution in [3.05, 3.63) is 12.7 Å². The Morgan fingerprint density at radius 2 is 1.67 bits per heavy atom. The zero-order valence-electron chi connectivity index (χ0n) is 30.3. The van der Waals surface area contributed by atoms with Crippen LogP contribution in [0.25, 0.3) is 11.2 Å². The maximum atomic E-state index is 12.7. The van der Waals surface area contributed by atoms with Crippen molar-refractivity contribution in [3.63, 3.8) is 0 Å². The van der Waals surface area contributed by atoms with E-state index in [-0.39, 0.29) is 60.2 Å². The lowest BCUT2D eigenvalue weighted by Crippen LogP contribution is -2.46. The fourth-order valence-electron chi connectivity index (χ4n) is 4.91. The first-order valence-electron chi connectivity index (χ1n) is 16.7. The number of ether oxygens (including phenoxy) is 1. The molecule has 2 aromatic heterocycles. The molecular formula is C27H44N7O19P3S. The minimum absolute atomic E-state index is 0.0217. The van der Waals surface area contributed by atoms with Crippen LogP contribution >= 0.6 is 35.2 Å². The van der Waals surface area contributed by atoms with Crippen molar-refractivity contribution in [1.82, 2.24) is 30.2 Å². The van der Waals surface area contributed by atoms with Crippen LogP contribution in [-0.2, 0) is 55.5 Å². The normalized spacial score (nSPS) is 21.4. The number of phosphoric ester groups is 3. The molecule has 2 unspecified atom stereocenters. The van der Waals surface area contributed by atoms with E-state index in [9.17, 15) is 62.7 Å². The van der Waals surface area contributed by atoms with Gasteiger partial charge in [-0.3, -0.25) is 37.3 Å². The molecular weight excluding hydrogens is 851 g/mol. The number of imidazole rings is 1. The number of aliphatic hydroxyl groups excluding tert-OH is 2. The second-order valence-corrected chi connectivity index (χ2v) is 18.3. The molecule has 1 fully saturated rings. The van der Waals surface area contributed by atoms with Crippen LogP contribution in [-0.4, -0.2) is 134 Å². The number of thioether (sulfide) groups is 1. The number of anilines is 1. The first-order chi connectivity index (χ1) is 26.4. The molecule has 1 aliphatic rings. The van der Waals surface area contributed by atoms with Gasteiger partial charge in [0.05, 0.1) is 19.5 Å². The number of carboxylic acids is 1. The summed E-state index contributed by atoms with van der Waals surface area (Å²) in [7, 11) is -16.4. The summed E-state index contributed by atoms with van der Waals surface area (Å²) in [6, 6.07) is 0. The summed E-state index contributed by atoms with van der Waals surface area (Å²) in [4.78, 5) is 97.8. The highest BCUT2D eigenvalue weighted by Crippen LogP contribution is 2.61. The number of nitrogens with one attached hydrogen (secondary N) is 2. The maximum Gasteiger partial charge on any atom is 0.481 e. The Morgan fingerprint density at radius 1 is 1.00 bits per heavy atom. The number of unbranched alkanes of at least 4 members (excludes halogenated alkanes) is 1. The third kappa shape index (κ3) is 15.6. The fraction of sp³-hybridized carbons (Fsp3) is 0.667. The summed E-state index contributed by atoms with van der Waals surface area (Å²) in [6.45, 7) is 0.319. The number of hydrogen-bond donors (Lipinski definition) is 10. The van der Waals surface area contributed by atoms with Crippen LogP contribution in [0.1, 0.15) is 52.2 Å². The van der Waals surface area contributed by atoms with Crippen LogP contribution in [0.4, 0.5) is 5.82 Å². The second-order valence-electron chi connectivity index (χ2n) is 12.9. The van der Waals surface area contributed by atoms with Gasteiger partial charge in [-0.15, -0.1) is 0 Å². The Hall–Kier alpha value is -2.97. The van der Waals surface area contributed by atoms with E-state index in [1.54, 1.807) is 0 Å². The number of fused-ring (bicyclic) bond motifs is 1. The van der Waals surface area contributed by atoms with E-state index in [2.05, 4.69) is 34.4 Å². The Balaban J connectivity index is 1.46. The van der Waals surface area contributed by atoms with Gasteiger partial charge < -0.3 is 56.0 Å². The number of carbonyl (C=O) groups is 4. The number of aliphatic hydroxyl groups is 2. The molecule has 0 saturated carbocycles. The Morgan fingerprint density at radius 3 is 2.33 bits per heavy atom. The third-order valence-corrected chi connectivity index (χ3v) is 11.8. The first kappa shape index (κ1) is 48.4. The van der Waals surface area contributed by atoms with Gasteiger partial charge >= 0.3 is 29.4 Å². The lowest BCUT2D eigenvalue weighted by Gasteiger charge is -2.30. The molecule has 1 saturated heterocycles. The monoisotopic (exact) mass is 895 g/mol. The highest BCUT2D eigenvalue weighted by atomic mass is 32.2. The largest absolute Gasteiger partial charge is 0.481 e. The molecule has 0 aliphatic carbocycles. The van der Waals surface area contributed by atoms with Crippen LogP contribution in [0.15, 0.2) is 12.7 Å². The summed E-state index contributed by atoms with van der Waals surface area (Å²) >= 11 is 0.982. The topological polar surface area (TPSA) is 401 Å². The molecule has 1 aliphatic heterocycles. The molecule has 0 radical (unpaired) electrons. The van der Waals surface area contributed by atoms with Crippen molar-refractivity contribution in [2.75, 3.05) is 37.8 Å². The number of nitrogen functional groups attached to an aromatic ring is 1. The quantitative estimate of drug-likeness (QED) is 0.0460. The van der Waals surface area contributed by atoms with E-state index in [0.717, 1.165) is 29.0 Å². The smallest absolute Gasteiger partial charge is 0.481 e. The lowest BCUT2D eigenvalue weighted by atomic mass is 9.87. The SMILES string of the molecule is CC(C)(COP(=O)(O)OP(=O)(O)OC[C@H]1O[C@@H](n2cnc3c(N)ncnc32)[C@H](O)[C@@H]1OP(=O)(O)O)[C@@H](O)C(=O)NCCC(=O)NCCSC(=O)CCCCC(=O)O. The van der Waals surface area contributed by atoms with Gasteiger partial charge in [-0.2, -0.15) is 4.31 Å². The van der Waals surface area contributed by atoms with Crippen molar-refractivity contribution in [2.45, 2.75) is 76.6 Å². The molecule has 0 aromatic carbocycles. The number of aliphatic carboxylic acids is 1. The van der Waals surface area contributed by atoms with E-state index >= 15 is 0 Å². The Labute approximate surface area is 327 Å². The average Bonchev–Trinajstić information content (AvgIpc) is 3.66. The predicted octanol–water partition coefficient (Wildman–Crippen LogP) is -0.690. The summed E-state index contributed by atoms with van der Waals surface area (Å²) < 4.78 is 62.0. The summed E-state index contributed by atoms with van der Waals surface area (Å²) in [5.41, 5.74) is 4.21. The van der Waals surface area contributed by atoms with Gasteiger partial charge in [0.2, 0.25) is 11.8 Å². The maximum absolute atomic E-state index is 12.7. The average molecular weight is 896 g/mol. The van der Waals surface area contributed by atoms with Crippen LogP contribution in [0, 0.1) is 5.41 Å². The highest BCUT2D eigenvalue weighted by molar-refractivity contribution is 8.13. The van der Waals surface area contributed by atoms with Gasteiger partial charge in [-0.1, -0.05) is 25.6 Å². The molecule has 26 nitrogen and oxygen atoms in total. The summed E-state index contributed by atoms with van der Waals surface area (Å²) in [5.74, 6) is -2.21. The number of rotatable bonds is 24. The van der Waals surface area contributed by atoms with Crippen LogP contribution in [0.2, 0.25) is 0 Å². The van der Waals surface area contributed by atoms with Gasteiger partial charge in [-0.05, 0) is 12.8 Å². The van der Waals surface area contributed by atoms with Crippen molar-refractivity contribution in [3.8, 4) is 0 Å². The van der Waals surface area contributed by atoms with Crippen LogP contribution < -0.4 is 16.4 Å². The number of nitrogens with two attached hydrogens (primary N) is 1. The predicted molar refractivity (Wildman–Crippen MR) is 193 cm³/mol. The van der Waals surface area contributed by atoms with E-state index < -0.39 is 90.5 Å². The molecule has 0 bridgehead atoms. The van der Waals surface area contributed by atoms with E-state index in [0.29, 0.717) is 12.8 Å². The minimum Gasteiger partial charge on any atom is -0.481 e. The molecule has 11 N–H and O–H groups in total. The number of aromatic nitrogens is 4. The number of nitrogens with zero attached hydrogens (tertiary/aromatic N) is 4. The molecule has 3 heterocycles. The zero-order chi connectivity index (χ0) is 42.8. The summed E-state index contributed by atoms with van der Waals surface area (Å²) in [6.07, 6.45) is -6.06. The first-order valence-corrected chi connectivity index (χ1v) is 22.2. The van der Waals surface area contributed by atoms with E-state index in [4.69, 9.17) is 24.6 Å². The zero-order valence-corrected chi connectivity index (χ0v) is 33.8. The molecule has 57 heavy (non-hydrogen) atoms. The van der Waals surface area contributed by atoms with Gasteiger partial charge in [0.15, 0.2) is 22.8 Å². The van der Waals surface area contributed by atoms with E-state index in [1.165, 1.54) is 13.8 Å². The van der Waals surface area contributed by atoms with Gasteiger partial charge in [-0.25, -0.2) is 28.6 Å². The highest BCUT2D eigenvalue weighted by Gasteiger charge is 2.50. The fourth-order valence-corrected chi connectivity index (χ4v) is 8.46. The second kappa shape index (κ2) is 20.8.